The van der Waals surface area contributed by atoms with Gasteiger partial charge in [-0.15, -0.1) is 11.3 Å². The molecule has 0 bridgehead atoms. The van der Waals surface area contributed by atoms with Crippen LogP contribution in [0.25, 0.3) is 11.3 Å². The lowest BCUT2D eigenvalue weighted by molar-refractivity contribution is 0.202. The van der Waals surface area contributed by atoms with Crippen molar-refractivity contribution in [2.24, 2.45) is 0 Å². The summed E-state index contributed by atoms with van der Waals surface area (Å²) in [6, 6.07) is 11.0. The summed E-state index contributed by atoms with van der Waals surface area (Å²) in [4.78, 5) is 6.19. The molecule has 1 heterocycles. The number of hydrogen-bond acceptors (Lipinski definition) is 4. The van der Waals surface area contributed by atoms with E-state index in [1.807, 2.05) is 17.4 Å². The summed E-state index contributed by atoms with van der Waals surface area (Å²) >= 11 is 1.81. The smallest absolute Gasteiger partial charge is 0.0958 e. The van der Waals surface area contributed by atoms with Crippen molar-refractivity contribution < 1.29 is 4.74 Å². The van der Waals surface area contributed by atoms with Gasteiger partial charge in [0.2, 0.25) is 0 Å². The quantitative estimate of drug-likeness (QED) is 0.810. The Bertz CT molecular complexity index is 537. The van der Waals surface area contributed by atoms with Gasteiger partial charge in [0.25, 0.3) is 0 Å². The third-order valence-corrected chi connectivity index (χ3v) is 4.39. The zero-order chi connectivity index (χ0) is 15.1. The summed E-state index contributed by atoms with van der Waals surface area (Å²) in [5.74, 6) is 0. The first-order chi connectivity index (χ1) is 10.2. The van der Waals surface area contributed by atoms with Crippen molar-refractivity contribution in [2.45, 2.75) is 32.7 Å². The molecule has 0 atom stereocenters. The fourth-order valence-corrected chi connectivity index (χ4v) is 3.23. The topological polar surface area (TPSA) is 34.1 Å². The first kappa shape index (κ1) is 16.1. The molecule has 1 N–H and O–H groups in total. The Morgan fingerprint density at radius 1 is 1.19 bits per heavy atom. The maximum absolute atomic E-state index is 5.17. The minimum Gasteiger partial charge on any atom is -0.384 e. The molecule has 1 aromatic carbocycles. The Morgan fingerprint density at radius 3 is 2.62 bits per heavy atom. The van der Waals surface area contributed by atoms with Crippen LogP contribution in [-0.2, 0) is 17.6 Å². The van der Waals surface area contributed by atoms with Crippen molar-refractivity contribution in [3.8, 4) is 11.3 Å². The van der Waals surface area contributed by atoms with Crippen LogP contribution >= 0.6 is 11.3 Å². The van der Waals surface area contributed by atoms with Gasteiger partial charge in [-0.05, 0) is 6.42 Å². The molecule has 21 heavy (non-hydrogen) atoms. The first-order valence-electron chi connectivity index (χ1n) is 7.47. The third-order valence-electron chi connectivity index (χ3n) is 3.21. The van der Waals surface area contributed by atoms with Gasteiger partial charge in [0.1, 0.15) is 0 Å². The van der Waals surface area contributed by atoms with Crippen molar-refractivity contribution in [3.05, 3.63) is 40.2 Å². The maximum Gasteiger partial charge on any atom is 0.0958 e. The van der Waals surface area contributed by atoms with E-state index in [0.717, 1.165) is 36.7 Å². The number of thiazole rings is 1. The highest BCUT2D eigenvalue weighted by Gasteiger charge is 2.12. The molecule has 2 rings (SSSR count). The van der Waals surface area contributed by atoms with Gasteiger partial charge < -0.3 is 10.1 Å². The van der Waals surface area contributed by atoms with Gasteiger partial charge in [0.05, 0.1) is 17.3 Å². The second-order valence-electron chi connectivity index (χ2n) is 5.35. The number of hydrogen-bond donors (Lipinski definition) is 1. The molecular formula is C17H24N2OS. The van der Waals surface area contributed by atoms with Crippen LogP contribution in [0.2, 0.25) is 0 Å². The normalized spacial score (nSPS) is 11.2. The molecule has 0 unspecified atom stereocenters. The number of nitrogens with one attached hydrogen (secondary N) is 1. The van der Waals surface area contributed by atoms with Gasteiger partial charge in [-0.25, -0.2) is 4.98 Å². The monoisotopic (exact) mass is 304 g/mol. The van der Waals surface area contributed by atoms with Crippen LogP contribution in [0.3, 0.4) is 0 Å². The van der Waals surface area contributed by atoms with Crippen molar-refractivity contribution in [2.75, 3.05) is 20.3 Å². The Hall–Kier alpha value is -1.23. The highest BCUT2D eigenvalue weighted by atomic mass is 32.1. The number of nitrogens with zero attached hydrogens (tertiary/aromatic N) is 1. The van der Waals surface area contributed by atoms with Crippen LogP contribution in [0.4, 0.5) is 0 Å². The van der Waals surface area contributed by atoms with E-state index in [0.29, 0.717) is 6.04 Å². The minimum atomic E-state index is 0.519. The molecule has 0 spiro atoms. The van der Waals surface area contributed by atoms with Crippen LogP contribution < -0.4 is 5.32 Å². The lowest BCUT2D eigenvalue weighted by atomic mass is 10.1. The Labute approximate surface area is 131 Å². The Morgan fingerprint density at radius 2 is 1.95 bits per heavy atom. The molecule has 0 radical (unpaired) electrons. The number of ether oxygens (including phenoxy) is 1. The number of aromatic nitrogens is 1. The molecule has 3 nitrogen and oxygen atoms in total. The molecule has 0 aliphatic heterocycles. The molecular weight excluding hydrogens is 280 g/mol. The predicted molar refractivity (Wildman–Crippen MR) is 90.0 cm³/mol. The molecule has 0 aliphatic rings. The standard InChI is InChI=1S/C17H24N2OS/c1-13(2)18-11-9-15-17(14-7-5-4-6-8-14)19-16(21-15)10-12-20-3/h4-8,13,18H,9-12H2,1-3H3. The summed E-state index contributed by atoms with van der Waals surface area (Å²) in [6.45, 7) is 6.07. The fourth-order valence-electron chi connectivity index (χ4n) is 2.16. The molecule has 0 saturated carbocycles. The summed E-state index contributed by atoms with van der Waals surface area (Å²) in [5.41, 5.74) is 2.34. The Kier molecular flexibility index (Phi) is 6.36. The largest absolute Gasteiger partial charge is 0.384 e. The van der Waals surface area contributed by atoms with Crippen LogP contribution in [0, 0.1) is 0 Å². The zero-order valence-corrected chi connectivity index (χ0v) is 13.9. The highest BCUT2D eigenvalue weighted by Crippen LogP contribution is 2.28. The molecule has 1 aromatic heterocycles. The summed E-state index contributed by atoms with van der Waals surface area (Å²) in [6.07, 6.45) is 1.91. The molecule has 0 amide bonds. The average molecular weight is 304 g/mol. The van der Waals surface area contributed by atoms with Crippen LogP contribution in [-0.4, -0.2) is 31.3 Å². The van der Waals surface area contributed by atoms with Crippen molar-refractivity contribution in [3.63, 3.8) is 0 Å². The minimum absolute atomic E-state index is 0.519. The lowest BCUT2D eigenvalue weighted by Crippen LogP contribution is -2.24. The third kappa shape index (κ3) is 4.92. The highest BCUT2D eigenvalue weighted by molar-refractivity contribution is 7.12. The number of benzene rings is 1. The summed E-state index contributed by atoms with van der Waals surface area (Å²) in [7, 11) is 1.74. The van der Waals surface area contributed by atoms with E-state index in [1.165, 1.54) is 10.4 Å². The number of rotatable bonds is 8. The maximum atomic E-state index is 5.17. The van der Waals surface area contributed by atoms with E-state index in [-0.39, 0.29) is 0 Å². The van der Waals surface area contributed by atoms with Crippen molar-refractivity contribution >= 4 is 11.3 Å². The fraction of sp³-hybridized carbons (Fsp3) is 0.471. The molecule has 0 aliphatic carbocycles. The van der Waals surface area contributed by atoms with Gasteiger partial charge in [-0.3, -0.25) is 0 Å². The molecule has 0 saturated heterocycles. The first-order valence-corrected chi connectivity index (χ1v) is 8.28. The van der Waals surface area contributed by atoms with Crippen LogP contribution in [0.1, 0.15) is 23.7 Å². The second-order valence-corrected chi connectivity index (χ2v) is 6.52. The number of methoxy groups -OCH3 is 1. The molecule has 0 fully saturated rings. The van der Waals surface area contributed by atoms with Crippen molar-refractivity contribution in [1.82, 2.24) is 10.3 Å². The van der Waals surface area contributed by atoms with E-state index in [4.69, 9.17) is 9.72 Å². The van der Waals surface area contributed by atoms with E-state index < -0.39 is 0 Å². The van der Waals surface area contributed by atoms with Gasteiger partial charge in [-0.2, -0.15) is 0 Å². The zero-order valence-electron chi connectivity index (χ0n) is 13.1. The molecule has 114 valence electrons. The van der Waals surface area contributed by atoms with E-state index >= 15 is 0 Å². The Balaban J connectivity index is 2.17. The SMILES string of the molecule is COCCc1nc(-c2ccccc2)c(CCNC(C)C)s1. The average Bonchev–Trinajstić information content (AvgIpc) is 2.89. The van der Waals surface area contributed by atoms with E-state index in [9.17, 15) is 0 Å². The lowest BCUT2D eigenvalue weighted by Gasteiger charge is -2.07. The second kappa shape index (κ2) is 8.27. The predicted octanol–water partition coefficient (Wildman–Crippen LogP) is 3.54. The molecule has 2 aromatic rings. The van der Waals surface area contributed by atoms with Crippen molar-refractivity contribution in [1.29, 1.82) is 0 Å². The summed E-state index contributed by atoms with van der Waals surface area (Å²) < 4.78 is 5.17. The van der Waals surface area contributed by atoms with Gasteiger partial charge in [0.15, 0.2) is 0 Å². The van der Waals surface area contributed by atoms with Crippen LogP contribution in [0.5, 0.6) is 0 Å². The molecule has 4 heteroatoms. The summed E-state index contributed by atoms with van der Waals surface area (Å²) in [5, 5.41) is 4.64. The van der Waals surface area contributed by atoms with E-state index in [1.54, 1.807) is 7.11 Å². The van der Waals surface area contributed by atoms with Gasteiger partial charge >= 0.3 is 0 Å². The van der Waals surface area contributed by atoms with Gasteiger partial charge in [0, 0.05) is 36.6 Å². The van der Waals surface area contributed by atoms with E-state index in [2.05, 4.69) is 43.4 Å². The van der Waals surface area contributed by atoms with Crippen LogP contribution in [0.15, 0.2) is 30.3 Å². The van der Waals surface area contributed by atoms with Gasteiger partial charge in [-0.1, -0.05) is 44.2 Å².